The van der Waals surface area contributed by atoms with Gasteiger partial charge in [-0.1, -0.05) is 19.0 Å². The molecule has 0 aliphatic carbocycles. The second-order valence-corrected chi connectivity index (χ2v) is 5.33. The van der Waals surface area contributed by atoms with Crippen LogP contribution in [0.5, 0.6) is 0 Å². The van der Waals surface area contributed by atoms with E-state index in [1.54, 1.807) is 0 Å². The normalized spacial score (nSPS) is 11.6. The summed E-state index contributed by atoms with van der Waals surface area (Å²) in [5.41, 5.74) is 3.02. The molecule has 0 unspecified atom stereocenters. The first-order valence-corrected chi connectivity index (χ1v) is 6.60. The molecule has 86 valence electrons. The third-order valence-corrected chi connectivity index (χ3v) is 3.40. The van der Waals surface area contributed by atoms with E-state index in [-0.39, 0.29) is 0 Å². The number of aromatic nitrogens is 1. The molecule has 0 amide bonds. The van der Waals surface area contributed by atoms with Crippen molar-refractivity contribution in [3.05, 3.63) is 27.9 Å². The van der Waals surface area contributed by atoms with Crippen molar-refractivity contribution in [1.29, 1.82) is 0 Å². The Morgan fingerprint density at radius 3 is 2.81 bits per heavy atom. The lowest BCUT2D eigenvalue weighted by molar-refractivity contribution is 0.446. The third kappa shape index (κ3) is 2.11. The number of alkyl halides is 1. The molecule has 1 aromatic heterocycles. The van der Waals surface area contributed by atoms with E-state index in [0.29, 0.717) is 11.8 Å². The van der Waals surface area contributed by atoms with Gasteiger partial charge in [-0.15, -0.1) is 11.6 Å². The van der Waals surface area contributed by atoms with Gasteiger partial charge in [0, 0.05) is 17.7 Å². The van der Waals surface area contributed by atoms with Crippen LogP contribution in [0, 0.1) is 0 Å². The smallest absolute Gasteiger partial charge is 0.181 e. The van der Waals surface area contributed by atoms with Gasteiger partial charge in [0.25, 0.3) is 0 Å². The van der Waals surface area contributed by atoms with Crippen LogP contribution in [0.3, 0.4) is 0 Å². The zero-order valence-corrected chi connectivity index (χ0v) is 11.6. The van der Waals surface area contributed by atoms with E-state index in [0.717, 1.165) is 27.6 Å². The number of aryl methyl sites for hydroxylation is 1. The molecule has 1 aromatic carbocycles. The van der Waals surface area contributed by atoms with Gasteiger partial charge in [0.15, 0.2) is 5.58 Å². The van der Waals surface area contributed by atoms with Gasteiger partial charge in [-0.05, 0) is 39.5 Å². The fourth-order valence-corrected chi connectivity index (χ4v) is 2.40. The minimum Gasteiger partial charge on any atom is -0.355 e. The topological polar surface area (TPSA) is 26.0 Å². The summed E-state index contributed by atoms with van der Waals surface area (Å²) in [5.74, 6) is 1.05. The highest BCUT2D eigenvalue weighted by Gasteiger charge is 2.13. The predicted octanol–water partition coefficient (Wildman–Crippen LogP) is 4.50. The van der Waals surface area contributed by atoms with Gasteiger partial charge >= 0.3 is 0 Å². The van der Waals surface area contributed by atoms with Crippen LogP contribution in [-0.4, -0.2) is 11.0 Å². The van der Waals surface area contributed by atoms with Crippen molar-refractivity contribution in [2.24, 2.45) is 0 Å². The lowest BCUT2D eigenvalue weighted by Crippen LogP contribution is -1.90. The Morgan fingerprint density at radius 2 is 2.19 bits per heavy atom. The highest BCUT2D eigenvalue weighted by Crippen LogP contribution is 2.31. The number of hydrogen-bond acceptors (Lipinski definition) is 2. The molecular weight excluding hydrogens is 289 g/mol. The fraction of sp³-hybridized carbons (Fsp3) is 0.417. The van der Waals surface area contributed by atoms with Crippen molar-refractivity contribution in [3.63, 3.8) is 0 Å². The molecule has 0 N–H and O–H groups in total. The summed E-state index contributed by atoms with van der Waals surface area (Å²) < 4.78 is 6.27. The molecule has 2 aromatic rings. The lowest BCUT2D eigenvalue weighted by Gasteiger charge is -2.06. The van der Waals surface area contributed by atoms with Gasteiger partial charge in [-0.25, -0.2) is 0 Å². The monoisotopic (exact) mass is 301 g/mol. The van der Waals surface area contributed by atoms with Crippen LogP contribution in [0.2, 0.25) is 0 Å². The average molecular weight is 303 g/mol. The van der Waals surface area contributed by atoms with Crippen LogP contribution in [-0.2, 0) is 6.42 Å². The standard InChI is InChI=1S/C12H13BrClNO/c1-7(2)8-5-9-11(3-4-14)15-16-12(9)10(13)6-8/h5-7H,3-4H2,1-2H3. The van der Waals surface area contributed by atoms with Crippen LogP contribution in [0.4, 0.5) is 0 Å². The fourth-order valence-electron chi connectivity index (χ4n) is 1.67. The molecule has 0 fully saturated rings. The molecule has 0 spiro atoms. The third-order valence-electron chi connectivity index (χ3n) is 2.62. The molecule has 0 bridgehead atoms. The maximum atomic E-state index is 5.74. The molecule has 0 radical (unpaired) electrons. The largest absolute Gasteiger partial charge is 0.355 e. The zero-order valence-electron chi connectivity index (χ0n) is 9.26. The highest BCUT2D eigenvalue weighted by molar-refractivity contribution is 9.10. The number of hydrogen-bond donors (Lipinski definition) is 0. The van der Waals surface area contributed by atoms with Gasteiger partial charge in [0.1, 0.15) is 0 Å². The van der Waals surface area contributed by atoms with Crippen LogP contribution in [0.25, 0.3) is 11.0 Å². The van der Waals surface area contributed by atoms with E-state index < -0.39 is 0 Å². The first-order valence-electron chi connectivity index (χ1n) is 5.27. The number of halogens is 2. The van der Waals surface area contributed by atoms with Gasteiger partial charge in [0.2, 0.25) is 0 Å². The molecular formula is C12H13BrClNO. The molecule has 0 saturated heterocycles. The van der Waals surface area contributed by atoms with Crippen molar-refractivity contribution in [1.82, 2.24) is 5.16 Å². The number of fused-ring (bicyclic) bond motifs is 1. The van der Waals surface area contributed by atoms with Crippen molar-refractivity contribution in [2.45, 2.75) is 26.2 Å². The van der Waals surface area contributed by atoms with Crippen LogP contribution >= 0.6 is 27.5 Å². The van der Waals surface area contributed by atoms with Crippen molar-refractivity contribution in [3.8, 4) is 0 Å². The summed E-state index contributed by atoms with van der Waals surface area (Å²) in [6.07, 6.45) is 0.739. The SMILES string of the molecule is CC(C)c1cc(Br)c2onc(CCCl)c2c1. The molecule has 0 aliphatic heterocycles. The Kier molecular flexibility index (Phi) is 3.55. The minimum absolute atomic E-state index is 0.486. The minimum atomic E-state index is 0.486. The van der Waals surface area contributed by atoms with E-state index in [2.05, 4.69) is 47.1 Å². The summed E-state index contributed by atoms with van der Waals surface area (Å²) in [7, 11) is 0. The van der Waals surface area contributed by atoms with E-state index in [9.17, 15) is 0 Å². The first kappa shape index (κ1) is 11.9. The lowest BCUT2D eigenvalue weighted by atomic mass is 10.0. The number of nitrogens with zero attached hydrogens (tertiary/aromatic N) is 1. The first-order chi connectivity index (χ1) is 7.63. The molecule has 0 saturated carbocycles. The van der Waals surface area contributed by atoms with E-state index in [1.807, 2.05) is 0 Å². The molecule has 2 nitrogen and oxygen atoms in total. The average Bonchev–Trinajstić information content (AvgIpc) is 2.63. The summed E-state index contributed by atoms with van der Waals surface area (Å²) in [6, 6.07) is 4.23. The Hall–Kier alpha value is -0.540. The highest BCUT2D eigenvalue weighted by atomic mass is 79.9. The van der Waals surface area contributed by atoms with Crippen LogP contribution < -0.4 is 0 Å². The number of benzene rings is 1. The maximum absolute atomic E-state index is 5.74. The Bertz CT molecular complexity index is 507. The van der Waals surface area contributed by atoms with Crippen molar-refractivity contribution in [2.75, 3.05) is 5.88 Å². The van der Waals surface area contributed by atoms with Crippen molar-refractivity contribution < 1.29 is 4.52 Å². The second-order valence-electron chi connectivity index (χ2n) is 4.10. The van der Waals surface area contributed by atoms with Crippen LogP contribution in [0.1, 0.15) is 31.0 Å². The summed E-state index contributed by atoms with van der Waals surface area (Å²) in [5, 5.41) is 5.13. The van der Waals surface area contributed by atoms with E-state index >= 15 is 0 Å². The molecule has 4 heteroatoms. The van der Waals surface area contributed by atoms with Crippen molar-refractivity contribution >= 4 is 38.5 Å². The quantitative estimate of drug-likeness (QED) is 0.781. The molecule has 16 heavy (non-hydrogen) atoms. The molecule has 1 heterocycles. The second kappa shape index (κ2) is 4.76. The van der Waals surface area contributed by atoms with Gasteiger partial charge in [-0.3, -0.25) is 0 Å². The van der Waals surface area contributed by atoms with Crippen LogP contribution in [0.15, 0.2) is 21.1 Å². The number of rotatable bonds is 3. The van der Waals surface area contributed by atoms with E-state index in [4.69, 9.17) is 16.1 Å². The molecule has 2 rings (SSSR count). The zero-order chi connectivity index (χ0) is 11.7. The summed E-state index contributed by atoms with van der Waals surface area (Å²) >= 11 is 9.26. The molecule has 0 atom stereocenters. The van der Waals surface area contributed by atoms with Gasteiger partial charge < -0.3 is 4.52 Å². The summed E-state index contributed by atoms with van der Waals surface area (Å²) in [4.78, 5) is 0. The van der Waals surface area contributed by atoms with Gasteiger partial charge in [-0.2, -0.15) is 0 Å². The van der Waals surface area contributed by atoms with Gasteiger partial charge in [0.05, 0.1) is 10.2 Å². The molecule has 0 aliphatic rings. The Morgan fingerprint density at radius 1 is 1.44 bits per heavy atom. The Labute approximate surface area is 108 Å². The summed E-state index contributed by atoms with van der Waals surface area (Å²) in [6.45, 7) is 4.34. The van der Waals surface area contributed by atoms with E-state index in [1.165, 1.54) is 5.56 Å². The predicted molar refractivity (Wildman–Crippen MR) is 70.2 cm³/mol. The Balaban J connectivity index is 2.61. The maximum Gasteiger partial charge on any atom is 0.181 e.